The van der Waals surface area contributed by atoms with Crippen LogP contribution in [-0.2, 0) is 0 Å². The van der Waals surface area contributed by atoms with Gasteiger partial charge >= 0.3 is 0 Å². The number of hydrogen-bond acceptors (Lipinski definition) is 6. The van der Waals surface area contributed by atoms with Crippen LogP contribution in [0.15, 0.2) is 30.5 Å². The first-order chi connectivity index (χ1) is 10.1. The molecule has 21 heavy (non-hydrogen) atoms. The third kappa shape index (κ3) is 2.75. The Kier molecular flexibility index (Phi) is 3.62. The zero-order valence-electron chi connectivity index (χ0n) is 11.7. The fraction of sp³-hybridized carbons (Fsp3) is 0.333. The smallest absolute Gasteiger partial charge is 0.220 e. The van der Waals surface area contributed by atoms with E-state index >= 15 is 0 Å². The second-order valence-electron chi connectivity index (χ2n) is 5.30. The molecular formula is C15H19N5O. The number of aromatic hydroxyl groups is 1. The molecular weight excluding hydrogens is 266 g/mol. The number of phenolic OH excluding ortho intramolecular Hbond substituents is 1. The number of aromatic nitrogens is 2. The fourth-order valence-corrected chi connectivity index (χ4v) is 2.63. The van der Waals surface area contributed by atoms with E-state index in [1.54, 1.807) is 18.3 Å². The Labute approximate surface area is 123 Å². The lowest BCUT2D eigenvalue weighted by molar-refractivity contribution is 0.477. The first-order valence-corrected chi connectivity index (χ1v) is 7.06. The summed E-state index contributed by atoms with van der Waals surface area (Å²) in [6, 6.07) is 7.37. The molecule has 1 fully saturated rings. The van der Waals surface area contributed by atoms with E-state index in [9.17, 15) is 5.11 Å². The van der Waals surface area contributed by atoms with E-state index in [1.165, 1.54) is 0 Å². The highest BCUT2D eigenvalue weighted by molar-refractivity contribution is 5.79. The maximum absolute atomic E-state index is 10.1. The van der Waals surface area contributed by atoms with Crippen molar-refractivity contribution in [1.82, 2.24) is 9.97 Å². The number of anilines is 2. The highest BCUT2D eigenvalue weighted by Crippen LogP contribution is 2.35. The van der Waals surface area contributed by atoms with E-state index in [1.807, 2.05) is 12.1 Å². The van der Waals surface area contributed by atoms with Gasteiger partial charge < -0.3 is 21.5 Å². The van der Waals surface area contributed by atoms with E-state index in [-0.39, 0.29) is 17.7 Å². The SMILES string of the molecule is Nc1ncc(N2CCC(N)CC2)c(-c2ccccc2O)n1. The second kappa shape index (κ2) is 5.57. The molecule has 0 bridgehead atoms. The Morgan fingerprint density at radius 1 is 1.19 bits per heavy atom. The average molecular weight is 285 g/mol. The molecule has 0 aliphatic carbocycles. The summed E-state index contributed by atoms with van der Waals surface area (Å²) in [6.07, 6.45) is 3.59. The molecule has 0 unspecified atom stereocenters. The van der Waals surface area contributed by atoms with Gasteiger partial charge in [-0.2, -0.15) is 0 Å². The van der Waals surface area contributed by atoms with E-state index in [0.717, 1.165) is 31.6 Å². The van der Waals surface area contributed by atoms with Gasteiger partial charge in [0.15, 0.2) is 0 Å². The Balaban J connectivity index is 2.03. The van der Waals surface area contributed by atoms with Crippen molar-refractivity contribution in [2.45, 2.75) is 18.9 Å². The minimum absolute atomic E-state index is 0.186. The molecule has 0 atom stereocenters. The van der Waals surface area contributed by atoms with Crippen molar-refractivity contribution in [2.24, 2.45) is 5.73 Å². The predicted octanol–water partition coefficient (Wildman–Crippen LogP) is 1.36. The molecule has 0 amide bonds. The Morgan fingerprint density at radius 2 is 1.90 bits per heavy atom. The number of rotatable bonds is 2. The molecule has 0 saturated carbocycles. The van der Waals surface area contributed by atoms with Crippen molar-refractivity contribution < 1.29 is 5.11 Å². The Bertz CT molecular complexity index is 638. The largest absolute Gasteiger partial charge is 0.507 e. The van der Waals surface area contributed by atoms with Crippen LogP contribution in [0.5, 0.6) is 5.75 Å². The first-order valence-electron chi connectivity index (χ1n) is 7.06. The van der Waals surface area contributed by atoms with Gasteiger partial charge in [0.2, 0.25) is 5.95 Å². The van der Waals surface area contributed by atoms with Crippen molar-refractivity contribution in [1.29, 1.82) is 0 Å². The second-order valence-corrected chi connectivity index (χ2v) is 5.30. The minimum Gasteiger partial charge on any atom is -0.507 e. The molecule has 1 aliphatic rings. The molecule has 0 spiro atoms. The monoisotopic (exact) mass is 285 g/mol. The summed E-state index contributed by atoms with van der Waals surface area (Å²) >= 11 is 0. The number of phenols is 1. The van der Waals surface area contributed by atoms with Crippen LogP contribution >= 0.6 is 0 Å². The van der Waals surface area contributed by atoms with Crippen molar-refractivity contribution >= 4 is 11.6 Å². The van der Waals surface area contributed by atoms with Gasteiger partial charge in [0.05, 0.1) is 11.9 Å². The Hall–Kier alpha value is -2.34. The zero-order chi connectivity index (χ0) is 14.8. The van der Waals surface area contributed by atoms with Crippen LogP contribution in [-0.4, -0.2) is 34.2 Å². The van der Waals surface area contributed by atoms with E-state index in [4.69, 9.17) is 11.5 Å². The number of nitrogens with two attached hydrogens (primary N) is 2. The molecule has 2 aromatic rings. The summed E-state index contributed by atoms with van der Waals surface area (Å²) in [4.78, 5) is 10.6. The van der Waals surface area contributed by atoms with Gasteiger partial charge in [0.1, 0.15) is 11.4 Å². The van der Waals surface area contributed by atoms with Crippen molar-refractivity contribution in [3.8, 4) is 17.0 Å². The quantitative estimate of drug-likeness (QED) is 0.770. The van der Waals surface area contributed by atoms with Crippen LogP contribution in [0.4, 0.5) is 11.6 Å². The number of nitrogen functional groups attached to an aromatic ring is 1. The van der Waals surface area contributed by atoms with E-state index in [2.05, 4.69) is 14.9 Å². The summed E-state index contributed by atoms with van der Waals surface area (Å²) in [5.41, 5.74) is 13.9. The molecule has 6 heteroatoms. The molecule has 1 saturated heterocycles. The van der Waals surface area contributed by atoms with Gasteiger partial charge in [0.25, 0.3) is 0 Å². The highest BCUT2D eigenvalue weighted by atomic mass is 16.3. The van der Waals surface area contributed by atoms with Crippen molar-refractivity contribution in [3.63, 3.8) is 0 Å². The standard InChI is InChI=1S/C15H19N5O/c16-10-5-7-20(8-6-10)12-9-18-15(17)19-14(12)11-3-1-2-4-13(11)21/h1-4,9-10,21H,5-8,16H2,(H2,17,18,19). The molecule has 1 aromatic carbocycles. The number of benzene rings is 1. The fourth-order valence-electron chi connectivity index (χ4n) is 2.63. The predicted molar refractivity (Wildman–Crippen MR) is 83.0 cm³/mol. The van der Waals surface area contributed by atoms with E-state index in [0.29, 0.717) is 11.3 Å². The topological polar surface area (TPSA) is 101 Å². The highest BCUT2D eigenvalue weighted by Gasteiger charge is 2.21. The molecule has 110 valence electrons. The number of para-hydroxylation sites is 1. The lowest BCUT2D eigenvalue weighted by Gasteiger charge is -2.32. The van der Waals surface area contributed by atoms with Crippen molar-refractivity contribution in [2.75, 3.05) is 23.7 Å². The van der Waals surface area contributed by atoms with Gasteiger partial charge in [-0.25, -0.2) is 9.97 Å². The zero-order valence-corrected chi connectivity index (χ0v) is 11.7. The minimum atomic E-state index is 0.186. The molecule has 0 radical (unpaired) electrons. The third-order valence-electron chi connectivity index (χ3n) is 3.83. The molecule has 2 heterocycles. The molecule has 1 aromatic heterocycles. The van der Waals surface area contributed by atoms with Gasteiger partial charge in [0, 0.05) is 24.7 Å². The summed E-state index contributed by atoms with van der Waals surface area (Å²) in [5.74, 6) is 0.385. The number of nitrogens with zero attached hydrogens (tertiary/aromatic N) is 3. The van der Waals surface area contributed by atoms with Gasteiger partial charge in [-0.1, -0.05) is 12.1 Å². The maximum Gasteiger partial charge on any atom is 0.220 e. The van der Waals surface area contributed by atoms with Crippen LogP contribution in [0.2, 0.25) is 0 Å². The normalized spacial score (nSPS) is 16.1. The molecule has 1 aliphatic heterocycles. The summed E-state index contributed by atoms with van der Waals surface area (Å²) in [7, 11) is 0. The summed E-state index contributed by atoms with van der Waals surface area (Å²) in [6.45, 7) is 1.71. The summed E-state index contributed by atoms with van der Waals surface area (Å²) in [5, 5.41) is 10.1. The van der Waals surface area contributed by atoms with Crippen LogP contribution in [0.25, 0.3) is 11.3 Å². The van der Waals surface area contributed by atoms with E-state index < -0.39 is 0 Å². The van der Waals surface area contributed by atoms with Crippen LogP contribution in [0, 0.1) is 0 Å². The molecule has 5 N–H and O–H groups in total. The van der Waals surface area contributed by atoms with Gasteiger partial charge in [-0.05, 0) is 25.0 Å². The van der Waals surface area contributed by atoms with Crippen LogP contribution in [0.1, 0.15) is 12.8 Å². The first kappa shape index (κ1) is 13.6. The average Bonchev–Trinajstić information content (AvgIpc) is 2.49. The number of hydrogen-bond donors (Lipinski definition) is 3. The summed E-state index contributed by atoms with van der Waals surface area (Å²) < 4.78 is 0. The van der Waals surface area contributed by atoms with Crippen LogP contribution in [0.3, 0.4) is 0 Å². The Morgan fingerprint density at radius 3 is 2.62 bits per heavy atom. The lowest BCUT2D eigenvalue weighted by atomic mass is 10.0. The molecule has 6 nitrogen and oxygen atoms in total. The van der Waals surface area contributed by atoms with Crippen molar-refractivity contribution in [3.05, 3.63) is 30.5 Å². The number of piperidine rings is 1. The van der Waals surface area contributed by atoms with Gasteiger partial charge in [-0.15, -0.1) is 0 Å². The third-order valence-corrected chi connectivity index (χ3v) is 3.83. The van der Waals surface area contributed by atoms with Crippen LogP contribution < -0.4 is 16.4 Å². The lowest BCUT2D eigenvalue weighted by Crippen LogP contribution is -2.40. The maximum atomic E-state index is 10.1. The van der Waals surface area contributed by atoms with Gasteiger partial charge in [-0.3, -0.25) is 0 Å². The molecule has 3 rings (SSSR count).